The van der Waals surface area contributed by atoms with Crippen molar-refractivity contribution in [3.63, 3.8) is 0 Å². The molecule has 0 radical (unpaired) electrons. The molecule has 0 spiro atoms. The van der Waals surface area contributed by atoms with E-state index in [1.165, 1.54) is 0 Å². The molecule has 4 nitrogen and oxygen atoms in total. The van der Waals surface area contributed by atoms with Crippen molar-refractivity contribution in [2.45, 2.75) is 24.6 Å². The van der Waals surface area contributed by atoms with Crippen LogP contribution in [0.2, 0.25) is 0 Å². The Labute approximate surface area is 67.2 Å². The molecule has 0 aromatic heterocycles. The molecule has 0 saturated carbocycles. The molecule has 0 aromatic carbocycles. The molecule has 0 aliphatic carbocycles. The van der Waals surface area contributed by atoms with Crippen LogP contribution < -0.4 is 16.4 Å². The number of nitrogens with two attached hydrogens (primary N) is 1. The molecule has 0 amide bonds. The normalized spacial score (nSPS) is 26.5. The van der Waals surface area contributed by atoms with Gasteiger partial charge in [-0.25, -0.2) is 0 Å². The predicted molar refractivity (Wildman–Crippen MR) is 44.1 cm³/mol. The third kappa shape index (κ3) is 1.70. The van der Waals surface area contributed by atoms with Crippen molar-refractivity contribution >= 4 is 0 Å². The predicted octanol–water partition coefficient (Wildman–Crippen LogP) is -1.39. The summed E-state index contributed by atoms with van der Waals surface area (Å²) in [5, 5.41) is 15.6. The largest absolute Gasteiger partial charge is 0.377 e. The summed E-state index contributed by atoms with van der Waals surface area (Å²) in [6.45, 7) is 1.85. The van der Waals surface area contributed by atoms with Crippen molar-refractivity contribution in [3.05, 3.63) is 0 Å². The molecule has 1 atom stereocenters. The monoisotopic (exact) mass is 159 g/mol. The van der Waals surface area contributed by atoms with Gasteiger partial charge in [-0.05, 0) is 33.0 Å². The van der Waals surface area contributed by atoms with Gasteiger partial charge in [0, 0.05) is 0 Å². The molecule has 66 valence electrons. The van der Waals surface area contributed by atoms with E-state index in [0.29, 0.717) is 0 Å². The van der Waals surface area contributed by atoms with Gasteiger partial charge in [-0.3, -0.25) is 0 Å². The number of aliphatic hydroxyl groups is 1. The number of hydrogen-bond acceptors (Lipinski definition) is 4. The minimum absolute atomic E-state index is 0.259. The highest BCUT2D eigenvalue weighted by Gasteiger charge is 2.35. The zero-order valence-corrected chi connectivity index (χ0v) is 6.93. The third-order valence-corrected chi connectivity index (χ3v) is 2.56. The second-order valence-corrected chi connectivity index (χ2v) is 3.10. The lowest BCUT2D eigenvalue weighted by atomic mass is 9.87. The SMILES string of the molecule is CNC1(C(N)O)CCNCC1. The molecule has 5 N–H and O–H groups in total. The van der Waals surface area contributed by atoms with Gasteiger partial charge in [-0.2, -0.15) is 0 Å². The van der Waals surface area contributed by atoms with E-state index in [1.54, 1.807) is 0 Å². The Bertz CT molecular complexity index is 121. The van der Waals surface area contributed by atoms with Gasteiger partial charge in [0.25, 0.3) is 0 Å². The fourth-order valence-electron chi connectivity index (χ4n) is 1.57. The topological polar surface area (TPSA) is 70.3 Å². The molecule has 4 heteroatoms. The van der Waals surface area contributed by atoms with Gasteiger partial charge in [0.1, 0.15) is 6.23 Å². The second kappa shape index (κ2) is 3.49. The maximum Gasteiger partial charge on any atom is 0.120 e. The van der Waals surface area contributed by atoms with Crippen molar-refractivity contribution in [2.24, 2.45) is 5.73 Å². The first kappa shape index (κ1) is 8.93. The van der Waals surface area contributed by atoms with Crippen LogP contribution in [0.5, 0.6) is 0 Å². The second-order valence-electron chi connectivity index (χ2n) is 3.10. The molecular weight excluding hydrogens is 142 g/mol. The fourth-order valence-corrected chi connectivity index (χ4v) is 1.57. The lowest BCUT2D eigenvalue weighted by molar-refractivity contribution is 0.0477. The van der Waals surface area contributed by atoms with Crippen molar-refractivity contribution in [3.8, 4) is 0 Å². The van der Waals surface area contributed by atoms with Crippen LogP contribution in [0.3, 0.4) is 0 Å². The average molecular weight is 159 g/mol. The Morgan fingerprint density at radius 2 is 2.09 bits per heavy atom. The maximum atomic E-state index is 9.32. The van der Waals surface area contributed by atoms with Crippen LogP contribution in [0.1, 0.15) is 12.8 Å². The number of hydrogen-bond donors (Lipinski definition) is 4. The smallest absolute Gasteiger partial charge is 0.120 e. The van der Waals surface area contributed by atoms with Crippen molar-refractivity contribution in [2.75, 3.05) is 20.1 Å². The van der Waals surface area contributed by atoms with E-state index < -0.39 is 6.23 Å². The average Bonchev–Trinajstić information content (AvgIpc) is 2.05. The Morgan fingerprint density at radius 3 is 2.36 bits per heavy atom. The highest BCUT2D eigenvalue weighted by molar-refractivity contribution is 4.94. The number of aliphatic hydroxyl groups excluding tert-OH is 1. The first-order chi connectivity index (χ1) is 5.21. The lowest BCUT2D eigenvalue weighted by Crippen LogP contribution is -2.61. The van der Waals surface area contributed by atoms with Gasteiger partial charge in [-0.15, -0.1) is 0 Å². The molecule has 1 unspecified atom stereocenters. The number of piperidine rings is 1. The van der Waals surface area contributed by atoms with Crippen LogP contribution in [0.25, 0.3) is 0 Å². The highest BCUT2D eigenvalue weighted by Crippen LogP contribution is 2.19. The van der Waals surface area contributed by atoms with Gasteiger partial charge >= 0.3 is 0 Å². The van der Waals surface area contributed by atoms with Crippen molar-refractivity contribution < 1.29 is 5.11 Å². The molecular formula is C7H17N3O. The summed E-state index contributed by atoms with van der Waals surface area (Å²) in [4.78, 5) is 0. The van der Waals surface area contributed by atoms with Gasteiger partial charge in [0.2, 0.25) is 0 Å². The molecule has 0 bridgehead atoms. The zero-order chi connectivity index (χ0) is 8.32. The summed E-state index contributed by atoms with van der Waals surface area (Å²) in [6, 6.07) is 0. The van der Waals surface area contributed by atoms with Crippen LogP contribution in [0, 0.1) is 0 Å². The van der Waals surface area contributed by atoms with E-state index in [1.807, 2.05) is 7.05 Å². The van der Waals surface area contributed by atoms with E-state index in [9.17, 15) is 5.11 Å². The number of nitrogens with one attached hydrogen (secondary N) is 2. The summed E-state index contributed by atoms with van der Waals surface area (Å²) in [7, 11) is 1.85. The van der Waals surface area contributed by atoms with E-state index in [-0.39, 0.29) is 5.54 Å². The standard InChI is InChI=1S/C7H17N3O/c1-9-7(6(8)11)2-4-10-5-3-7/h6,9-11H,2-5,8H2,1H3. The first-order valence-corrected chi connectivity index (χ1v) is 4.04. The van der Waals surface area contributed by atoms with Crippen molar-refractivity contribution in [1.29, 1.82) is 0 Å². The fraction of sp³-hybridized carbons (Fsp3) is 1.00. The summed E-state index contributed by atoms with van der Waals surface area (Å²) >= 11 is 0. The Hall–Kier alpha value is -0.160. The Morgan fingerprint density at radius 1 is 1.55 bits per heavy atom. The van der Waals surface area contributed by atoms with Crippen LogP contribution in [-0.4, -0.2) is 37.0 Å². The summed E-state index contributed by atoms with van der Waals surface area (Å²) in [5.41, 5.74) is 5.22. The van der Waals surface area contributed by atoms with Crippen molar-refractivity contribution in [1.82, 2.24) is 10.6 Å². The summed E-state index contributed by atoms with van der Waals surface area (Å²) in [6.07, 6.45) is 1.03. The quantitative estimate of drug-likeness (QED) is 0.374. The molecule has 1 aliphatic heterocycles. The van der Waals surface area contributed by atoms with Gasteiger partial charge in [-0.1, -0.05) is 0 Å². The van der Waals surface area contributed by atoms with Crippen LogP contribution in [-0.2, 0) is 0 Å². The lowest BCUT2D eigenvalue weighted by Gasteiger charge is -2.39. The highest BCUT2D eigenvalue weighted by atomic mass is 16.3. The minimum Gasteiger partial charge on any atom is -0.377 e. The molecule has 1 saturated heterocycles. The van der Waals surface area contributed by atoms with E-state index in [4.69, 9.17) is 5.73 Å². The van der Waals surface area contributed by atoms with Gasteiger partial charge < -0.3 is 21.5 Å². The van der Waals surface area contributed by atoms with Crippen LogP contribution in [0.4, 0.5) is 0 Å². The first-order valence-electron chi connectivity index (χ1n) is 4.04. The molecule has 1 rings (SSSR count). The van der Waals surface area contributed by atoms with Crippen LogP contribution in [0.15, 0.2) is 0 Å². The van der Waals surface area contributed by atoms with E-state index >= 15 is 0 Å². The zero-order valence-electron chi connectivity index (χ0n) is 6.93. The van der Waals surface area contributed by atoms with Gasteiger partial charge in [0.15, 0.2) is 0 Å². The Kier molecular flexibility index (Phi) is 2.84. The Balaban J connectivity index is 2.57. The number of likely N-dealkylation sites (N-methyl/N-ethyl adjacent to an activating group) is 1. The summed E-state index contributed by atoms with van der Waals surface area (Å²) < 4.78 is 0. The van der Waals surface area contributed by atoms with Crippen LogP contribution >= 0.6 is 0 Å². The third-order valence-electron chi connectivity index (χ3n) is 2.56. The summed E-state index contributed by atoms with van der Waals surface area (Å²) in [5.74, 6) is 0. The number of rotatable bonds is 2. The molecule has 0 aromatic rings. The molecule has 1 aliphatic rings. The molecule has 1 fully saturated rings. The van der Waals surface area contributed by atoms with E-state index in [2.05, 4.69) is 10.6 Å². The minimum atomic E-state index is -0.755. The molecule has 1 heterocycles. The van der Waals surface area contributed by atoms with Gasteiger partial charge in [0.05, 0.1) is 5.54 Å². The maximum absolute atomic E-state index is 9.32. The molecule has 11 heavy (non-hydrogen) atoms. The van der Waals surface area contributed by atoms with E-state index in [0.717, 1.165) is 25.9 Å².